The fraction of sp³-hybridized carbons (Fsp3) is 0.235. The van der Waals surface area contributed by atoms with E-state index < -0.39 is 11.9 Å². The van der Waals surface area contributed by atoms with Crippen LogP contribution in [-0.4, -0.2) is 11.1 Å². The summed E-state index contributed by atoms with van der Waals surface area (Å²) in [4.78, 5) is 10.8. The van der Waals surface area contributed by atoms with Crippen LogP contribution >= 0.6 is 23.2 Å². The van der Waals surface area contributed by atoms with Gasteiger partial charge in [-0.1, -0.05) is 48.3 Å². The summed E-state index contributed by atoms with van der Waals surface area (Å²) in [5, 5.41) is 10.0. The third-order valence-electron chi connectivity index (χ3n) is 3.33. The van der Waals surface area contributed by atoms with Crippen LogP contribution in [-0.2, 0) is 17.8 Å². The van der Waals surface area contributed by atoms with Crippen LogP contribution in [0.25, 0.3) is 0 Å². The minimum atomic E-state index is -0.798. The lowest BCUT2D eigenvalue weighted by atomic mass is 10.0. The summed E-state index contributed by atoms with van der Waals surface area (Å²) in [7, 11) is 0. The summed E-state index contributed by atoms with van der Waals surface area (Å²) in [5.41, 5.74) is 1.70. The smallest absolute Gasteiger partial charge is 0.306 e. The molecule has 0 aliphatic carbocycles. The fourth-order valence-corrected chi connectivity index (χ4v) is 2.49. The van der Waals surface area contributed by atoms with Crippen LogP contribution in [0.2, 0.25) is 10.0 Å². The summed E-state index contributed by atoms with van der Waals surface area (Å²) in [6, 6.07) is 12.7. The molecule has 0 aliphatic rings. The van der Waals surface area contributed by atoms with Gasteiger partial charge in [0.2, 0.25) is 0 Å². The Kier molecular flexibility index (Phi) is 5.69. The lowest BCUT2D eigenvalue weighted by Crippen LogP contribution is -2.12. The molecule has 0 bridgehead atoms. The second kappa shape index (κ2) is 7.52. The second-order valence-electron chi connectivity index (χ2n) is 5.08. The minimum absolute atomic E-state index is 0.281. The highest BCUT2D eigenvalue weighted by molar-refractivity contribution is 6.35. The highest BCUT2D eigenvalue weighted by atomic mass is 35.5. The largest absolute Gasteiger partial charge is 0.489 e. The molecule has 3 nitrogen and oxygen atoms in total. The molecule has 0 unspecified atom stereocenters. The van der Waals surface area contributed by atoms with Crippen molar-refractivity contribution in [3.63, 3.8) is 0 Å². The van der Waals surface area contributed by atoms with Crippen LogP contribution < -0.4 is 4.74 Å². The van der Waals surface area contributed by atoms with E-state index in [0.29, 0.717) is 22.2 Å². The maximum atomic E-state index is 10.8. The van der Waals surface area contributed by atoms with Crippen molar-refractivity contribution >= 4 is 29.2 Å². The fourth-order valence-electron chi connectivity index (χ4n) is 1.99. The van der Waals surface area contributed by atoms with Crippen molar-refractivity contribution in [2.75, 3.05) is 0 Å². The number of hydrogen-bond acceptors (Lipinski definition) is 2. The summed E-state index contributed by atoms with van der Waals surface area (Å²) < 4.78 is 5.68. The van der Waals surface area contributed by atoms with Crippen LogP contribution in [0.1, 0.15) is 18.1 Å². The van der Waals surface area contributed by atoms with Gasteiger partial charge in [-0.15, -0.1) is 0 Å². The van der Waals surface area contributed by atoms with Gasteiger partial charge in [-0.2, -0.15) is 0 Å². The highest BCUT2D eigenvalue weighted by Crippen LogP contribution is 2.26. The Bertz CT molecular complexity index is 633. The quantitative estimate of drug-likeness (QED) is 0.819. The molecule has 0 saturated carbocycles. The van der Waals surface area contributed by atoms with Crippen molar-refractivity contribution < 1.29 is 14.6 Å². The molecule has 2 rings (SSSR count). The first kappa shape index (κ1) is 16.7. The molecular formula is C17H16Cl2O3. The molecule has 0 radical (unpaired) electrons. The maximum absolute atomic E-state index is 10.8. The van der Waals surface area contributed by atoms with Gasteiger partial charge >= 0.3 is 5.97 Å². The normalized spacial score (nSPS) is 12.0. The van der Waals surface area contributed by atoms with E-state index in [1.165, 1.54) is 0 Å². The van der Waals surface area contributed by atoms with Crippen molar-refractivity contribution in [1.82, 2.24) is 0 Å². The first-order valence-corrected chi connectivity index (χ1v) is 7.60. The Morgan fingerprint density at radius 1 is 1.14 bits per heavy atom. The SMILES string of the molecule is C[C@@H](Cc1ccc(OCc2c(Cl)cccc2Cl)cc1)C(=O)O. The molecule has 0 amide bonds. The Morgan fingerprint density at radius 3 is 2.27 bits per heavy atom. The number of benzene rings is 2. The lowest BCUT2D eigenvalue weighted by Gasteiger charge is -2.11. The molecule has 22 heavy (non-hydrogen) atoms. The number of carboxylic acid groups (broad SMARTS) is 1. The third kappa shape index (κ3) is 4.39. The molecule has 5 heteroatoms. The minimum Gasteiger partial charge on any atom is -0.489 e. The van der Waals surface area contributed by atoms with Crippen molar-refractivity contribution in [1.29, 1.82) is 0 Å². The van der Waals surface area contributed by atoms with E-state index in [1.807, 2.05) is 24.3 Å². The van der Waals surface area contributed by atoms with E-state index in [9.17, 15) is 4.79 Å². The number of halogens is 2. The molecule has 0 aliphatic heterocycles. The lowest BCUT2D eigenvalue weighted by molar-refractivity contribution is -0.141. The molecule has 0 aromatic heterocycles. The van der Waals surface area contributed by atoms with E-state index in [-0.39, 0.29) is 6.61 Å². The molecular weight excluding hydrogens is 323 g/mol. The molecule has 0 heterocycles. The average molecular weight is 339 g/mol. The van der Waals surface area contributed by atoms with Crippen molar-refractivity contribution in [3.8, 4) is 5.75 Å². The van der Waals surface area contributed by atoms with E-state index in [1.54, 1.807) is 25.1 Å². The number of hydrogen-bond donors (Lipinski definition) is 1. The summed E-state index contributed by atoms with van der Waals surface area (Å²) in [5.74, 6) is -0.523. The van der Waals surface area contributed by atoms with Crippen molar-refractivity contribution in [2.45, 2.75) is 20.0 Å². The predicted molar refractivity (Wildman–Crippen MR) is 87.7 cm³/mol. The number of rotatable bonds is 6. The van der Waals surface area contributed by atoms with Gasteiger partial charge in [0.25, 0.3) is 0 Å². The van der Waals surface area contributed by atoms with Gasteiger partial charge in [-0.3, -0.25) is 4.79 Å². The Hall–Kier alpha value is -1.71. The van der Waals surface area contributed by atoms with E-state index in [0.717, 1.165) is 11.1 Å². The molecule has 1 atom stereocenters. The molecule has 116 valence electrons. The third-order valence-corrected chi connectivity index (χ3v) is 4.04. The van der Waals surface area contributed by atoms with Crippen molar-refractivity contribution in [2.24, 2.45) is 5.92 Å². The number of carbonyl (C=O) groups is 1. The molecule has 2 aromatic rings. The van der Waals surface area contributed by atoms with Crippen LogP contribution in [0.4, 0.5) is 0 Å². The Morgan fingerprint density at radius 2 is 1.73 bits per heavy atom. The molecule has 2 aromatic carbocycles. The monoisotopic (exact) mass is 338 g/mol. The zero-order valence-corrected chi connectivity index (χ0v) is 13.6. The topological polar surface area (TPSA) is 46.5 Å². The van der Waals surface area contributed by atoms with E-state index >= 15 is 0 Å². The summed E-state index contributed by atoms with van der Waals surface area (Å²) >= 11 is 12.2. The summed E-state index contributed by atoms with van der Waals surface area (Å²) in [6.07, 6.45) is 0.492. The number of ether oxygens (including phenoxy) is 1. The predicted octanol–water partition coefficient (Wildman–Crippen LogP) is 4.84. The molecule has 1 N–H and O–H groups in total. The average Bonchev–Trinajstić information content (AvgIpc) is 2.48. The second-order valence-corrected chi connectivity index (χ2v) is 5.89. The van der Waals surface area contributed by atoms with Gasteiger partial charge in [0, 0.05) is 15.6 Å². The summed E-state index contributed by atoms with van der Waals surface area (Å²) in [6.45, 7) is 1.97. The zero-order valence-electron chi connectivity index (χ0n) is 12.1. The first-order valence-electron chi connectivity index (χ1n) is 6.85. The molecule has 0 spiro atoms. The molecule has 0 saturated heterocycles. The van der Waals surface area contributed by atoms with Gasteiger partial charge < -0.3 is 9.84 Å². The highest BCUT2D eigenvalue weighted by Gasteiger charge is 2.11. The van der Waals surface area contributed by atoms with Gasteiger partial charge in [0.1, 0.15) is 12.4 Å². The van der Waals surface area contributed by atoms with Gasteiger partial charge in [0.05, 0.1) is 5.92 Å². The van der Waals surface area contributed by atoms with Crippen LogP contribution in [0, 0.1) is 5.92 Å². The van der Waals surface area contributed by atoms with Gasteiger partial charge in [-0.05, 0) is 36.2 Å². The van der Waals surface area contributed by atoms with E-state index in [4.69, 9.17) is 33.0 Å². The molecule has 0 fully saturated rings. The van der Waals surface area contributed by atoms with Crippen LogP contribution in [0.5, 0.6) is 5.75 Å². The van der Waals surface area contributed by atoms with E-state index in [2.05, 4.69) is 0 Å². The number of carboxylic acids is 1. The van der Waals surface area contributed by atoms with Crippen LogP contribution in [0.15, 0.2) is 42.5 Å². The Labute approximate surface area is 139 Å². The maximum Gasteiger partial charge on any atom is 0.306 e. The standard InChI is InChI=1S/C17H16Cl2O3/c1-11(17(20)21)9-12-5-7-13(8-6-12)22-10-14-15(18)3-2-4-16(14)19/h2-8,11H,9-10H2,1H3,(H,20,21)/t11-/m0/s1. The number of aliphatic carboxylic acids is 1. The van der Waals surface area contributed by atoms with Gasteiger partial charge in [0.15, 0.2) is 0 Å². The Balaban J connectivity index is 1.98. The van der Waals surface area contributed by atoms with Crippen molar-refractivity contribution in [3.05, 3.63) is 63.6 Å². The van der Waals surface area contributed by atoms with Gasteiger partial charge in [-0.25, -0.2) is 0 Å². The zero-order chi connectivity index (χ0) is 16.1. The van der Waals surface area contributed by atoms with Crippen LogP contribution in [0.3, 0.4) is 0 Å². The first-order chi connectivity index (χ1) is 10.5.